The highest BCUT2D eigenvalue weighted by Crippen LogP contribution is 2.45. The molecular formula is C39H40N2O10S2. The van der Waals surface area contributed by atoms with Gasteiger partial charge in [-0.05, 0) is 74.0 Å². The molecule has 0 aromatic heterocycles. The van der Waals surface area contributed by atoms with Crippen LogP contribution >= 0.6 is 0 Å². The molecule has 0 amide bonds. The van der Waals surface area contributed by atoms with Gasteiger partial charge in [0.25, 0.3) is 20.0 Å². The molecule has 12 nitrogen and oxygen atoms in total. The zero-order valence-corrected chi connectivity index (χ0v) is 31.4. The van der Waals surface area contributed by atoms with Gasteiger partial charge in [0.05, 0.1) is 55.0 Å². The molecular weight excluding hydrogens is 721 g/mol. The van der Waals surface area contributed by atoms with Crippen LogP contribution in [0.2, 0.25) is 0 Å². The van der Waals surface area contributed by atoms with Crippen molar-refractivity contribution < 1.29 is 45.4 Å². The van der Waals surface area contributed by atoms with Crippen molar-refractivity contribution in [3.63, 3.8) is 0 Å². The highest BCUT2D eigenvalue weighted by molar-refractivity contribution is 7.93. The summed E-state index contributed by atoms with van der Waals surface area (Å²) in [6, 6.07) is 28.7. The molecule has 5 aromatic rings. The number of carbonyl (C=O) groups excluding carboxylic acids is 2. The molecule has 0 saturated heterocycles. The molecule has 0 fully saturated rings. The second kappa shape index (κ2) is 16.8. The largest absolute Gasteiger partial charge is 0.497 e. The number of methoxy groups -OCH3 is 2. The maximum atomic E-state index is 14.7. The summed E-state index contributed by atoms with van der Waals surface area (Å²) in [5, 5.41) is 0.651. The normalized spacial score (nSPS) is 11.5. The molecule has 53 heavy (non-hydrogen) atoms. The number of ether oxygens (including phenoxy) is 4. The molecule has 0 bridgehead atoms. The van der Waals surface area contributed by atoms with E-state index in [9.17, 15) is 26.4 Å². The number of hydrogen-bond donors (Lipinski definition) is 0. The van der Waals surface area contributed by atoms with Crippen molar-refractivity contribution in [3.05, 3.63) is 109 Å². The van der Waals surface area contributed by atoms with Crippen LogP contribution in [0.4, 0.5) is 11.4 Å². The van der Waals surface area contributed by atoms with Crippen LogP contribution in [-0.4, -0.2) is 69.3 Å². The van der Waals surface area contributed by atoms with E-state index >= 15 is 0 Å². The van der Waals surface area contributed by atoms with Crippen molar-refractivity contribution in [1.29, 1.82) is 0 Å². The van der Waals surface area contributed by atoms with Gasteiger partial charge in [0.1, 0.15) is 18.0 Å². The first-order chi connectivity index (χ1) is 25.5. The van der Waals surface area contributed by atoms with Gasteiger partial charge in [0.15, 0.2) is 0 Å². The van der Waals surface area contributed by atoms with Crippen LogP contribution in [-0.2, 0) is 39.1 Å². The standard InChI is InChI=1S/C39H40N2O10S2/c1-5-50-37(42)24-25-40(52(44,45)31-20-16-29(48-3)17-21-31)39-34-15-11-10-14-33(34)36(26-35(39)28-12-8-7-9-13-28)41(27-38(43)51-6-2)53(46,47)32-22-18-30(49-4)19-23-32/h7-23,26H,5-6,24-25,27H2,1-4H3. The number of nitrogens with zero attached hydrogens (tertiary/aromatic N) is 2. The third kappa shape index (κ3) is 8.39. The summed E-state index contributed by atoms with van der Waals surface area (Å²) in [5.41, 5.74) is 1.14. The number of sulfonamides is 2. The summed E-state index contributed by atoms with van der Waals surface area (Å²) >= 11 is 0. The quantitative estimate of drug-likeness (QED) is 0.103. The van der Waals surface area contributed by atoms with Crippen molar-refractivity contribution in [3.8, 4) is 22.6 Å². The van der Waals surface area contributed by atoms with Crippen LogP contribution in [0.25, 0.3) is 21.9 Å². The minimum atomic E-state index is -4.45. The Balaban J connectivity index is 1.85. The van der Waals surface area contributed by atoms with Crippen LogP contribution in [0.5, 0.6) is 11.5 Å². The summed E-state index contributed by atoms with van der Waals surface area (Å²) in [5.74, 6) is -0.516. The predicted molar refractivity (Wildman–Crippen MR) is 202 cm³/mol. The van der Waals surface area contributed by atoms with Crippen LogP contribution in [0.1, 0.15) is 20.3 Å². The van der Waals surface area contributed by atoms with E-state index in [4.69, 9.17) is 18.9 Å². The molecule has 0 atom stereocenters. The zero-order chi connectivity index (χ0) is 38.2. The van der Waals surface area contributed by atoms with Gasteiger partial charge in [0, 0.05) is 22.9 Å². The molecule has 14 heteroatoms. The highest BCUT2D eigenvalue weighted by atomic mass is 32.2. The van der Waals surface area contributed by atoms with Crippen molar-refractivity contribution in [2.24, 2.45) is 0 Å². The number of rotatable bonds is 16. The molecule has 0 saturated carbocycles. The fourth-order valence-electron chi connectivity index (χ4n) is 5.81. The Morgan fingerprint density at radius 1 is 0.604 bits per heavy atom. The maximum Gasteiger partial charge on any atom is 0.326 e. The Bertz CT molecular complexity index is 2280. The molecule has 0 aliphatic heterocycles. The first-order valence-electron chi connectivity index (χ1n) is 16.7. The van der Waals surface area contributed by atoms with Crippen molar-refractivity contribution >= 4 is 54.1 Å². The molecule has 278 valence electrons. The Morgan fingerprint density at radius 2 is 1.09 bits per heavy atom. The molecule has 0 aliphatic rings. The summed E-state index contributed by atoms with van der Waals surface area (Å²) in [6.45, 7) is 2.40. The van der Waals surface area contributed by atoms with E-state index in [-0.39, 0.29) is 47.3 Å². The van der Waals surface area contributed by atoms with Gasteiger partial charge in [-0.1, -0.05) is 54.6 Å². The Kier molecular flexibility index (Phi) is 12.3. The number of carbonyl (C=O) groups is 2. The predicted octanol–water partition coefficient (Wildman–Crippen LogP) is 6.43. The van der Waals surface area contributed by atoms with Gasteiger partial charge in [-0.25, -0.2) is 16.8 Å². The Hall–Kier alpha value is -5.60. The first kappa shape index (κ1) is 38.6. The third-order valence-corrected chi connectivity index (χ3v) is 11.9. The first-order valence-corrected chi connectivity index (χ1v) is 19.6. The van der Waals surface area contributed by atoms with Gasteiger partial charge in [-0.15, -0.1) is 0 Å². The second-order valence-corrected chi connectivity index (χ2v) is 15.2. The SMILES string of the molecule is CCOC(=O)CCN(c1c(-c2ccccc2)cc(N(CC(=O)OCC)S(=O)(=O)c2ccc(OC)cc2)c2ccccc12)S(=O)(=O)c1ccc(OC)cc1. The van der Waals surface area contributed by atoms with Gasteiger partial charge in [-0.2, -0.15) is 0 Å². The molecule has 0 heterocycles. The monoisotopic (exact) mass is 760 g/mol. The van der Waals surface area contributed by atoms with Crippen molar-refractivity contribution in [2.45, 2.75) is 30.1 Å². The van der Waals surface area contributed by atoms with Crippen molar-refractivity contribution in [2.75, 3.05) is 49.1 Å². The highest BCUT2D eigenvalue weighted by Gasteiger charge is 2.34. The van der Waals surface area contributed by atoms with Gasteiger partial charge in [0.2, 0.25) is 0 Å². The third-order valence-electron chi connectivity index (χ3n) is 8.29. The number of esters is 2. The Morgan fingerprint density at radius 3 is 1.62 bits per heavy atom. The summed E-state index contributed by atoms with van der Waals surface area (Å²) < 4.78 is 81.5. The molecule has 5 aromatic carbocycles. The van der Waals surface area contributed by atoms with Crippen LogP contribution < -0.4 is 18.1 Å². The van der Waals surface area contributed by atoms with E-state index in [0.29, 0.717) is 33.4 Å². The topological polar surface area (TPSA) is 146 Å². The van der Waals surface area contributed by atoms with E-state index in [1.165, 1.54) is 62.8 Å². The zero-order valence-electron chi connectivity index (χ0n) is 29.7. The minimum absolute atomic E-state index is 0.0167. The lowest BCUT2D eigenvalue weighted by Gasteiger charge is -2.31. The number of benzene rings is 5. The van der Waals surface area contributed by atoms with E-state index in [1.54, 1.807) is 74.5 Å². The summed E-state index contributed by atoms with van der Waals surface area (Å²) in [4.78, 5) is 25.7. The average molecular weight is 761 g/mol. The number of fused-ring (bicyclic) bond motifs is 1. The lowest BCUT2D eigenvalue weighted by molar-refractivity contribution is -0.143. The maximum absolute atomic E-state index is 14.7. The molecule has 0 spiro atoms. The Labute approximate surface area is 309 Å². The van der Waals surface area contributed by atoms with Crippen LogP contribution in [0, 0.1) is 0 Å². The van der Waals surface area contributed by atoms with Gasteiger partial charge < -0.3 is 18.9 Å². The van der Waals surface area contributed by atoms with E-state index in [1.807, 2.05) is 0 Å². The molecule has 5 rings (SSSR count). The molecule has 0 N–H and O–H groups in total. The van der Waals surface area contributed by atoms with E-state index < -0.39 is 38.5 Å². The molecule has 0 radical (unpaired) electrons. The molecule has 0 unspecified atom stereocenters. The van der Waals surface area contributed by atoms with E-state index in [0.717, 1.165) is 8.61 Å². The van der Waals surface area contributed by atoms with Crippen LogP contribution in [0.15, 0.2) is 119 Å². The lowest BCUT2D eigenvalue weighted by atomic mass is 9.96. The minimum Gasteiger partial charge on any atom is -0.497 e. The van der Waals surface area contributed by atoms with E-state index in [2.05, 4.69) is 0 Å². The van der Waals surface area contributed by atoms with Crippen molar-refractivity contribution in [1.82, 2.24) is 0 Å². The fraction of sp³-hybridized carbons (Fsp3) is 0.231. The number of hydrogen-bond acceptors (Lipinski definition) is 10. The lowest BCUT2D eigenvalue weighted by Crippen LogP contribution is -2.37. The second-order valence-electron chi connectivity index (χ2n) is 11.5. The van der Waals surface area contributed by atoms with Crippen LogP contribution in [0.3, 0.4) is 0 Å². The average Bonchev–Trinajstić information content (AvgIpc) is 3.17. The summed E-state index contributed by atoms with van der Waals surface area (Å²) in [7, 11) is -5.92. The number of anilines is 2. The summed E-state index contributed by atoms with van der Waals surface area (Å²) in [6.07, 6.45) is -0.283. The van der Waals surface area contributed by atoms with Gasteiger partial charge >= 0.3 is 11.9 Å². The smallest absolute Gasteiger partial charge is 0.326 e. The molecule has 0 aliphatic carbocycles. The fourth-order valence-corrected chi connectivity index (χ4v) is 8.73. The van der Waals surface area contributed by atoms with Gasteiger partial charge in [-0.3, -0.25) is 18.2 Å².